The van der Waals surface area contributed by atoms with Crippen LogP contribution in [-0.2, 0) is 6.42 Å². The van der Waals surface area contributed by atoms with Crippen molar-refractivity contribution in [1.82, 2.24) is 15.1 Å². The summed E-state index contributed by atoms with van der Waals surface area (Å²) in [5.74, 6) is 0.926. The number of aromatic nitrogens is 3. The van der Waals surface area contributed by atoms with E-state index in [0.29, 0.717) is 11.9 Å². The van der Waals surface area contributed by atoms with Gasteiger partial charge >= 0.3 is 0 Å². The molecule has 0 saturated carbocycles. The second-order valence-corrected chi connectivity index (χ2v) is 4.66. The molecule has 0 aliphatic rings. The number of hydrogen-bond acceptors (Lipinski definition) is 4. The Hall–Kier alpha value is -2.82. The predicted molar refractivity (Wildman–Crippen MR) is 74.6 cm³/mol. The Labute approximate surface area is 113 Å². The molecule has 2 N–H and O–H groups in total. The first-order valence-electron chi connectivity index (χ1n) is 6.31. The number of benzene rings is 2. The molecule has 5 nitrogen and oxygen atoms in total. The van der Waals surface area contributed by atoms with Crippen LogP contribution in [0.15, 0.2) is 47.0 Å². The number of nitrogens with zero attached hydrogens (tertiary/aromatic N) is 2. The Bertz CT molecular complexity index is 908. The monoisotopic (exact) mass is 265 g/mol. The van der Waals surface area contributed by atoms with E-state index < -0.39 is 0 Å². The molecule has 20 heavy (non-hydrogen) atoms. The third-order valence-electron chi connectivity index (χ3n) is 3.33. The van der Waals surface area contributed by atoms with Crippen LogP contribution < -0.4 is 0 Å². The first-order chi connectivity index (χ1) is 9.81. The molecule has 5 heteroatoms. The smallest absolute Gasteiger partial charge is 0.167 e. The van der Waals surface area contributed by atoms with Gasteiger partial charge in [0.25, 0.3) is 0 Å². The van der Waals surface area contributed by atoms with E-state index in [2.05, 4.69) is 15.1 Å². The Morgan fingerprint density at radius 1 is 1.10 bits per heavy atom. The third-order valence-corrected chi connectivity index (χ3v) is 3.33. The van der Waals surface area contributed by atoms with Gasteiger partial charge in [-0.3, -0.25) is 0 Å². The maximum absolute atomic E-state index is 9.77. The summed E-state index contributed by atoms with van der Waals surface area (Å²) >= 11 is 0. The number of para-hydroxylation sites is 2. The molecule has 0 radical (unpaired) electrons. The largest absolute Gasteiger partial charge is 0.506 e. The van der Waals surface area contributed by atoms with Crippen molar-refractivity contribution in [3.05, 3.63) is 54.0 Å². The van der Waals surface area contributed by atoms with Gasteiger partial charge in [0.2, 0.25) is 0 Å². The van der Waals surface area contributed by atoms with Crippen molar-refractivity contribution < 1.29 is 9.63 Å². The highest BCUT2D eigenvalue weighted by Crippen LogP contribution is 2.24. The van der Waals surface area contributed by atoms with Gasteiger partial charge < -0.3 is 14.6 Å². The molecular formula is C15H11N3O2. The van der Waals surface area contributed by atoms with Gasteiger partial charge in [-0.1, -0.05) is 23.4 Å². The molecule has 98 valence electrons. The van der Waals surface area contributed by atoms with Crippen molar-refractivity contribution in [1.29, 1.82) is 0 Å². The van der Waals surface area contributed by atoms with Gasteiger partial charge in [-0.15, -0.1) is 0 Å². The molecule has 0 atom stereocenters. The number of hydrogen-bond donors (Lipinski definition) is 2. The lowest BCUT2D eigenvalue weighted by Gasteiger charge is -1.92. The zero-order valence-corrected chi connectivity index (χ0v) is 10.5. The first-order valence-corrected chi connectivity index (χ1v) is 6.31. The van der Waals surface area contributed by atoms with Crippen LogP contribution in [0.4, 0.5) is 0 Å². The number of phenolic OH excluding ortho intramolecular Hbond substituents is 1. The van der Waals surface area contributed by atoms with E-state index in [1.54, 1.807) is 12.1 Å². The maximum Gasteiger partial charge on any atom is 0.167 e. The molecule has 0 fully saturated rings. The molecule has 2 aromatic carbocycles. The summed E-state index contributed by atoms with van der Waals surface area (Å²) in [7, 11) is 0. The van der Waals surface area contributed by atoms with Crippen molar-refractivity contribution >= 4 is 22.0 Å². The van der Waals surface area contributed by atoms with Gasteiger partial charge in [-0.2, -0.15) is 0 Å². The zero-order chi connectivity index (χ0) is 13.5. The number of H-pyrrole nitrogens is 1. The van der Waals surface area contributed by atoms with Crippen LogP contribution in [0.3, 0.4) is 0 Å². The van der Waals surface area contributed by atoms with Gasteiger partial charge in [0.15, 0.2) is 5.58 Å². The van der Waals surface area contributed by atoms with Crippen LogP contribution in [0.5, 0.6) is 5.75 Å². The highest BCUT2D eigenvalue weighted by atomic mass is 16.5. The number of aromatic hydroxyl groups is 1. The fourth-order valence-corrected chi connectivity index (χ4v) is 2.38. The fraction of sp³-hybridized carbons (Fsp3) is 0.0667. The first kappa shape index (κ1) is 11.0. The summed E-state index contributed by atoms with van der Waals surface area (Å²) in [6, 6.07) is 13.0. The highest BCUT2D eigenvalue weighted by molar-refractivity contribution is 5.82. The molecule has 4 rings (SSSR count). The number of rotatable bonds is 2. The molecule has 0 bridgehead atoms. The van der Waals surface area contributed by atoms with Crippen LogP contribution in [0.25, 0.3) is 22.0 Å². The van der Waals surface area contributed by atoms with Crippen molar-refractivity contribution in [2.24, 2.45) is 0 Å². The van der Waals surface area contributed by atoms with E-state index in [-0.39, 0.29) is 5.75 Å². The van der Waals surface area contributed by atoms with Gasteiger partial charge in [0.1, 0.15) is 17.1 Å². The van der Waals surface area contributed by atoms with E-state index in [4.69, 9.17) is 4.52 Å². The molecule has 0 aliphatic carbocycles. The molecule has 0 saturated heterocycles. The van der Waals surface area contributed by atoms with Crippen molar-refractivity contribution in [3.8, 4) is 5.75 Å². The standard InChI is InChI=1S/C15H11N3O2/c19-12-6-3-5-10-15(12)17-14(16-10)8-11-9-4-1-2-7-13(9)20-18-11/h1-7,19H,8H2,(H,16,17). The second-order valence-electron chi connectivity index (χ2n) is 4.66. The average molecular weight is 265 g/mol. The number of aromatic amines is 1. The van der Waals surface area contributed by atoms with Crippen LogP contribution in [-0.4, -0.2) is 20.2 Å². The summed E-state index contributed by atoms with van der Waals surface area (Å²) in [6.07, 6.45) is 0.533. The number of imidazole rings is 1. The molecule has 2 heterocycles. The number of fused-ring (bicyclic) bond motifs is 2. The Morgan fingerprint density at radius 3 is 2.90 bits per heavy atom. The quantitative estimate of drug-likeness (QED) is 0.584. The van der Waals surface area contributed by atoms with Gasteiger partial charge in [-0.05, 0) is 24.3 Å². The maximum atomic E-state index is 9.77. The summed E-state index contributed by atoms with van der Waals surface area (Å²) < 4.78 is 5.28. The van der Waals surface area contributed by atoms with Gasteiger partial charge in [-0.25, -0.2) is 4.98 Å². The second kappa shape index (κ2) is 4.09. The van der Waals surface area contributed by atoms with Crippen molar-refractivity contribution in [3.63, 3.8) is 0 Å². The molecule has 4 aromatic rings. The van der Waals surface area contributed by atoms with Crippen LogP contribution >= 0.6 is 0 Å². The van der Waals surface area contributed by atoms with E-state index in [0.717, 1.165) is 28.0 Å². The summed E-state index contributed by atoms with van der Waals surface area (Å²) in [5, 5.41) is 14.8. The zero-order valence-electron chi connectivity index (χ0n) is 10.5. The molecule has 0 unspecified atom stereocenters. The minimum Gasteiger partial charge on any atom is -0.506 e. The Kier molecular flexibility index (Phi) is 2.26. The van der Waals surface area contributed by atoms with Crippen molar-refractivity contribution in [2.45, 2.75) is 6.42 Å². The third kappa shape index (κ3) is 1.64. The molecule has 0 amide bonds. The predicted octanol–water partition coefficient (Wildman–Crippen LogP) is 3.00. The van der Waals surface area contributed by atoms with Crippen LogP contribution in [0.2, 0.25) is 0 Å². The summed E-state index contributed by atoms with van der Waals surface area (Å²) in [4.78, 5) is 7.59. The average Bonchev–Trinajstić information content (AvgIpc) is 3.05. The van der Waals surface area contributed by atoms with E-state index in [9.17, 15) is 5.11 Å². The number of phenols is 1. The Balaban J connectivity index is 1.79. The van der Waals surface area contributed by atoms with Crippen molar-refractivity contribution in [2.75, 3.05) is 0 Å². The molecule has 0 aliphatic heterocycles. The van der Waals surface area contributed by atoms with Crippen LogP contribution in [0, 0.1) is 0 Å². The van der Waals surface area contributed by atoms with E-state index in [1.165, 1.54) is 0 Å². The van der Waals surface area contributed by atoms with Gasteiger partial charge in [0, 0.05) is 5.39 Å². The summed E-state index contributed by atoms with van der Waals surface area (Å²) in [5.41, 5.74) is 2.99. The fourth-order valence-electron chi connectivity index (χ4n) is 2.38. The minimum atomic E-state index is 0.176. The Morgan fingerprint density at radius 2 is 2.00 bits per heavy atom. The lowest BCUT2D eigenvalue weighted by molar-refractivity contribution is 0.447. The molecule has 0 spiro atoms. The van der Waals surface area contributed by atoms with Gasteiger partial charge in [0.05, 0.1) is 17.6 Å². The SMILES string of the molecule is Oc1cccc2[nH]c(Cc3noc4ccccc34)nc12. The molecular weight excluding hydrogens is 254 g/mol. The minimum absolute atomic E-state index is 0.176. The van der Waals surface area contributed by atoms with E-state index in [1.807, 2.05) is 30.3 Å². The summed E-state index contributed by atoms with van der Waals surface area (Å²) in [6.45, 7) is 0. The number of nitrogens with one attached hydrogen (secondary N) is 1. The lowest BCUT2D eigenvalue weighted by atomic mass is 10.2. The van der Waals surface area contributed by atoms with E-state index >= 15 is 0 Å². The molecule has 2 aromatic heterocycles. The van der Waals surface area contributed by atoms with Crippen LogP contribution in [0.1, 0.15) is 11.5 Å². The topological polar surface area (TPSA) is 74.9 Å². The normalized spacial score (nSPS) is 11.4. The lowest BCUT2D eigenvalue weighted by Crippen LogP contribution is -1.91. The highest BCUT2D eigenvalue weighted by Gasteiger charge is 2.12.